The Hall–Kier alpha value is -0.260. The summed E-state index contributed by atoms with van der Waals surface area (Å²) in [6, 6.07) is 0. The summed E-state index contributed by atoms with van der Waals surface area (Å²) in [5, 5.41) is 2.84. The number of nitrogens with one attached hydrogen (secondary N) is 1. The number of hydrogen-bond donors (Lipinski definition) is 3. The van der Waals surface area contributed by atoms with E-state index >= 15 is 0 Å². The molecule has 0 spiro atoms. The highest BCUT2D eigenvalue weighted by atomic mass is 32.2. The highest BCUT2D eigenvalue weighted by Gasteiger charge is 2.10. The van der Waals surface area contributed by atoms with Crippen molar-refractivity contribution in [3.63, 3.8) is 0 Å². The van der Waals surface area contributed by atoms with Crippen LogP contribution in [0.25, 0.3) is 0 Å². The van der Waals surface area contributed by atoms with E-state index in [1.165, 1.54) is 0 Å². The van der Waals surface area contributed by atoms with Gasteiger partial charge in [-0.3, -0.25) is 9.11 Å². The lowest BCUT2D eigenvalue weighted by molar-refractivity contribution is 0.287. The molecule has 116 valence electrons. The Morgan fingerprint density at radius 1 is 0.895 bits per heavy atom. The molecule has 0 aliphatic heterocycles. The van der Waals surface area contributed by atoms with Crippen LogP contribution in [0.15, 0.2) is 0 Å². The molecule has 0 fully saturated rings. The first kappa shape index (κ1) is 18.7. The van der Waals surface area contributed by atoms with Crippen molar-refractivity contribution in [3.05, 3.63) is 0 Å². The lowest BCUT2D eigenvalue weighted by Crippen LogP contribution is -2.37. The largest absolute Gasteiger partial charge is 0.314 e. The summed E-state index contributed by atoms with van der Waals surface area (Å²) in [7, 11) is -7.92. The fraction of sp³-hybridized carbons (Fsp3) is 1.00. The summed E-state index contributed by atoms with van der Waals surface area (Å²) in [6.07, 6.45) is 0.844. The normalized spacial score (nSPS) is 13.1. The van der Waals surface area contributed by atoms with Gasteiger partial charge in [0, 0.05) is 26.2 Å². The van der Waals surface area contributed by atoms with Crippen LogP contribution in [0.1, 0.15) is 13.3 Å². The van der Waals surface area contributed by atoms with Gasteiger partial charge in [-0.25, -0.2) is 0 Å². The topological polar surface area (TPSA) is 124 Å². The molecule has 19 heavy (non-hydrogen) atoms. The van der Waals surface area contributed by atoms with Crippen LogP contribution >= 0.6 is 0 Å². The van der Waals surface area contributed by atoms with E-state index in [-0.39, 0.29) is 24.6 Å². The van der Waals surface area contributed by atoms with Gasteiger partial charge >= 0.3 is 0 Å². The molecular formula is C9H22N2O6S2. The Kier molecular flexibility index (Phi) is 8.70. The van der Waals surface area contributed by atoms with Gasteiger partial charge in [0.25, 0.3) is 20.2 Å². The van der Waals surface area contributed by atoms with Crippen molar-refractivity contribution in [1.29, 1.82) is 0 Å². The number of nitrogens with zero attached hydrogens (tertiary/aromatic N) is 1. The quantitative estimate of drug-likeness (QED) is 0.329. The van der Waals surface area contributed by atoms with Crippen LogP contribution < -0.4 is 5.32 Å². The maximum Gasteiger partial charge on any atom is 0.266 e. The monoisotopic (exact) mass is 318 g/mol. The SMILES string of the molecule is CCCN(CCNCCS(=O)(=O)O)CCS(=O)(=O)O. The van der Waals surface area contributed by atoms with Gasteiger partial charge in [-0.1, -0.05) is 6.92 Å². The van der Waals surface area contributed by atoms with Gasteiger partial charge in [-0.05, 0) is 13.0 Å². The third-order valence-corrected chi connectivity index (χ3v) is 3.77. The molecule has 10 heteroatoms. The summed E-state index contributed by atoms with van der Waals surface area (Å²) in [5.74, 6) is -0.677. The van der Waals surface area contributed by atoms with Gasteiger partial charge in [-0.15, -0.1) is 0 Å². The van der Waals surface area contributed by atoms with Crippen molar-refractivity contribution in [1.82, 2.24) is 10.2 Å². The van der Waals surface area contributed by atoms with Crippen LogP contribution in [-0.2, 0) is 20.2 Å². The number of rotatable bonds is 11. The molecule has 0 aromatic rings. The summed E-state index contributed by atoms with van der Waals surface area (Å²) < 4.78 is 59.4. The predicted molar refractivity (Wildman–Crippen MR) is 72.4 cm³/mol. The van der Waals surface area contributed by atoms with E-state index in [1.807, 2.05) is 11.8 Å². The van der Waals surface area contributed by atoms with Gasteiger partial charge in [0.1, 0.15) is 0 Å². The lowest BCUT2D eigenvalue weighted by atomic mass is 10.4. The maximum atomic E-state index is 10.6. The molecule has 0 saturated heterocycles. The fourth-order valence-corrected chi connectivity index (χ4v) is 2.35. The van der Waals surface area contributed by atoms with Crippen LogP contribution in [0.4, 0.5) is 0 Å². The highest BCUT2D eigenvalue weighted by Crippen LogP contribution is 1.93. The minimum absolute atomic E-state index is 0.136. The predicted octanol–water partition coefficient (Wildman–Crippen LogP) is -0.936. The van der Waals surface area contributed by atoms with Crippen molar-refractivity contribution in [2.45, 2.75) is 13.3 Å². The third-order valence-electron chi connectivity index (χ3n) is 2.35. The van der Waals surface area contributed by atoms with E-state index in [0.29, 0.717) is 19.6 Å². The Morgan fingerprint density at radius 2 is 1.47 bits per heavy atom. The Bertz CT molecular complexity index is 434. The molecule has 0 rings (SSSR count). The van der Waals surface area contributed by atoms with E-state index < -0.39 is 20.2 Å². The van der Waals surface area contributed by atoms with Crippen LogP contribution in [0, 0.1) is 0 Å². The van der Waals surface area contributed by atoms with Gasteiger partial charge in [0.15, 0.2) is 0 Å². The van der Waals surface area contributed by atoms with Crippen molar-refractivity contribution >= 4 is 20.2 Å². The summed E-state index contributed by atoms with van der Waals surface area (Å²) in [5.41, 5.74) is 0. The molecule has 0 heterocycles. The molecule has 0 amide bonds. The molecule has 0 aliphatic rings. The van der Waals surface area contributed by atoms with Crippen LogP contribution in [-0.4, -0.2) is 75.1 Å². The minimum atomic E-state index is -3.97. The Morgan fingerprint density at radius 3 is 1.95 bits per heavy atom. The third kappa shape index (κ3) is 14.0. The maximum absolute atomic E-state index is 10.6. The molecule has 0 saturated carbocycles. The van der Waals surface area contributed by atoms with Crippen LogP contribution in [0.3, 0.4) is 0 Å². The van der Waals surface area contributed by atoms with E-state index in [1.54, 1.807) is 0 Å². The van der Waals surface area contributed by atoms with Crippen LogP contribution in [0.5, 0.6) is 0 Å². The lowest BCUT2D eigenvalue weighted by Gasteiger charge is -2.21. The van der Waals surface area contributed by atoms with Crippen molar-refractivity contribution < 1.29 is 25.9 Å². The molecule has 8 nitrogen and oxygen atoms in total. The second-order valence-electron chi connectivity index (χ2n) is 4.16. The van der Waals surface area contributed by atoms with Crippen molar-refractivity contribution in [2.24, 2.45) is 0 Å². The first-order valence-electron chi connectivity index (χ1n) is 5.97. The van der Waals surface area contributed by atoms with Gasteiger partial charge in [0.2, 0.25) is 0 Å². The zero-order valence-corrected chi connectivity index (χ0v) is 12.6. The molecule has 3 N–H and O–H groups in total. The first-order chi connectivity index (χ1) is 8.64. The molecule has 0 atom stereocenters. The number of hydrogen-bond acceptors (Lipinski definition) is 6. The fourth-order valence-electron chi connectivity index (χ4n) is 1.46. The second-order valence-corrected chi connectivity index (χ2v) is 7.31. The summed E-state index contributed by atoms with van der Waals surface area (Å²) >= 11 is 0. The second kappa shape index (κ2) is 8.82. The molecule has 0 bridgehead atoms. The molecule has 0 aromatic heterocycles. The molecule has 0 aliphatic carbocycles. The standard InChI is InChI=1S/C9H22N2O6S2/c1-2-5-11(7-9-19(15,16)17)6-3-10-4-8-18(12,13)14/h10H,2-9H2,1H3,(H,12,13,14)(H,15,16,17). The van der Waals surface area contributed by atoms with E-state index in [2.05, 4.69) is 5.32 Å². The molecule has 0 radical (unpaired) electrons. The van der Waals surface area contributed by atoms with Gasteiger partial charge < -0.3 is 10.2 Å². The summed E-state index contributed by atoms with van der Waals surface area (Å²) in [4.78, 5) is 1.86. The van der Waals surface area contributed by atoms with E-state index in [9.17, 15) is 16.8 Å². The van der Waals surface area contributed by atoms with Crippen molar-refractivity contribution in [3.8, 4) is 0 Å². The van der Waals surface area contributed by atoms with Crippen LogP contribution in [0.2, 0.25) is 0 Å². The molecule has 0 aromatic carbocycles. The average molecular weight is 318 g/mol. The molecular weight excluding hydrogens is 296 g/mol. The Balaban J connectivity index is 3.88. The first-order valence-corrected chi connectivity index (χ1v) is 9.19. The van der Waals surface area contributed by atoms with Gasteiger partial charge in [0.05, 0.1) is 11.5 Å². The minimum Gasteiger partial charge on any atom is -0.314 e. The van der Waals surface area contributed by atoms with Gasteiger partial charge in [-0.2, -0.15) is 16.8 Å². The smallest absolute Gasteiger partial charge is 0.266 e. The van der Waals surface area contributed by atoms with E-state index in [0.717, 1.165) is 6.42 Å². The summed E-state index contributed by atoms with van der Waals surface area (Å²) in [6.45, 7) is 4.02. The highest BCUT2D eigenvalue weighted by molar-refractivity contribution is 7.86. The zero-order chi connectivity index (χ0) is 14.9. The Labute approximate surface area is 114 Å². The molecule has 0 unspecified atom stereocenters. The van der Waals surface area contributed by atoms with Crippen molar-refractivity contribution in [2.75, 3.05) is 44.2 Å². The van der Waals surface area contributed by atoms with E-state index in [4.69, 9.17) is 9.11 Å². The average Bonchev–Trinajstić information content (AvgIpc) is 2.22. The zero-order valence-electron chi connectivity index (χ0n) is 10.9.